The highest BCUT2D eigenvalue weighted by Crippen LogP contribution is 2.43. The van der Waals surface area contributed by atoms with Crippen LogP contribution in [0.2, 0.25) is 0 Å². The van der Waals surface area contributed by atoms with Gasteiger partial charge in [-0.2, -0.15) is 0 Å². The Balaban J connectivity index is 1.80. The third-order valence-electron chi connectivity index (χ3n) is 4.78. The minimum absolute atomic E-state index is 0.0763. The van der Waals surface area contributed by atoms with E-state index in [-0.39, 0.29) is 29.8 Å². The van der Waals surface area contributed by atoms with E-state index in [1.165, 1.54) is 0 Å². The molecule has 1 N–H and O–H groups in total. The zero-order valence-electron chi connectivity index (χ0n) is 11.5. The van der Waals surface area contributed by atoms with Gasteiger partial charge in [0.25, 0.3) is 0 Å². The van der Waals surface area contributed by atoms with Crippen LogP contribution in [-0.2, 0) is 9.59 Å². The van der Waals surface area contributed by atoms with E-state index in [1.54, 1.807) is 0 Å². The molecule has 2 aliphatic heterocycles. The molecule has 2 fully saturated rings. The molecule has 20 heavy (non-hydrogen) atoms. The molecule has 2 saturated heterocycles. The largest absolute Gasteiger partial charge is 0.481 e. The fraction of sp³-hybridized carbons (Fsp3) is 0.500. The second kappa shape index (κ2) is 4.93. The SMILES string of the molecule is CC(C(=O)N1C2CCC1C(C(=O)O)C2)c1ccccc1. The molecule has 2 aliphatic rings. The molecule has 106 valence electrons. The van der Waals surface area contributed by atoms with E-state index in [9.17, 15) is 14.7 Å². The summed E-state index contributed by atoms with van der Waals surface area (Å²) in [6.07, 6.45) is 2.39. The van der Waals surface area contributed by atoms with Gasteiger partial charge >= 0.3 is 5.97 Å². The number of carbonyl (C=O) groups excluding carboxylic acids is 1. The maximum absolute atomic E-state index is 12.7. The summed E-state index contributed by atoms with van der Waals surface area (Å²) in [5.41, 5.74) is 0.996. The summed E-state index contributed by atoms with van der Waals surface area (Å²) in [7, 11) is 0. The summed E-state index contributed by atoms with van der Waals surface area (Å²) < 4.78 is 0. The first-order valence-electron chi connectivity index (χ1n) is 7.19. The van der Waals surface area contributed by atoms with E-state index < -0.39 is 5.97 Å². The molecule has 0 spiro atoms. The number of carboxylic acid groups (broad SMARTS) is 1. The van der Waals surface area contributed by atoms with Gasteiger partial charge < -0.3 is 10.0 Å². The molecule has 1 aromatic rings. The Bertz CT molecular complexity index is 528. The van der Waals surface area contributed by atoms with Crippen molar-refractivity contribution in [3.05, 3.63) is 35.9 Å². The van der Waals surface area contributed by atoms with Gasteiger partial charge in [0.1, 0.15) is 0 Å². The van der Waals surface area contributed by atoms with E-state index in [1.807, 2.05) is 42.2 Å². The van der Waals surface area contributed by atoms with Crippen LogP contribution in [0.15, 0.2) is 30.3 Å². The average molecular weight is 273 g/mol. The first kappa shape index (κ1) is 13.2. The van der Waals surface area contributed by atoms with E-state index >= 15 is 0 Å². The number of amides is 1. The van der Waals surface area contributed by atoms with Crippen molar-refractivity contribution in [1.29, 1.82) is 0 Å². The number of aliphatic carboxylic acids is 1. The van der Waals surface area contributed by atoms with Crippen LogP contribution in [0.1, 0.15) is 37.7 Å². The summed E-state index contributed by atoms with van der Waals surface area (Å²) >= 11 is 0. The Morgan fingerprint density at radius 1 is 1.25 bits per heavy atom. The van der Waals surface area contributed by atoms with Gasteiger partial charge in [-0.05, 0) is 31.7 Å². The quantitative estimate of drug-likeness (QED) is 0.919. The molecule has 4 atom stereocenters. The van der Waals surface area contributed by atoms with Crippen molar-refractivity contribution in [3.8, 4) is 0 Å². The van der Waals surface area contributed by atoms with Crippen LogP contribution in [0.25, 0.3) is 0 Å². The Kier molecular flexibility index (Phi) is 3.24. The molecule has 4 unspecified atom stereocenters. The lowest BCUT2D eigenvalue weighted by molar-refractivity contribution is -0.143. The predicted octanol–water partition coefficient (Wildman–Crippen LogP) is 2.25. The van der Waals surface area contributed by atoms with Crippen LogP contribution < -0.4 is 0 Å². The average Bonchev–Trinajstić information content (AvgIpc) is 3.04. The van der Waals surface area contributed by atoms with E-state index in [2.05, 4.69) is 0 Å². The molecular weight excluding hydrogens is 254 g/mol. The summed E-state index contributed by atoms with van der Waals surface area (Å²) in [5.74, 6) is -1.26. The second-order valence-corrected chi connectivity index (χ2v) is 5.86. The molecule has 2 heterocycles. The third kappa shape index (κ3) is 1.99. The molecule has 0 aliphatic carbocycles. The van der Waals surface area contributed by atoms with Gasteiger partial charge in [-0.1, -0.05) is 30.3 Å². The van der Waals surface area contributed by atoms with Crippen molar-refractivity contribution >= 4 is 11.9 Å². The number of carboxylic acids is 1. The van der Waals surface area contributed by atoms with Gasteiger partial charge in [-0.15, -0.1) is 0 Å². The molecule has 2 bridgehead atoms. The van der Waals surface area contributed by atoms with Crippen molar-refractivity contribution in [1.82, 2.24) is 4.90 Å². The first-order valence-corrected chi connectivity index (χ1v) is 7.19. The minimum atomic E-state index is -0.762. The van der Waals surface area contributed by atoms with Gasteiger partial charge in [0.15, 0.2) is 0 Å². The van der Waals surface area contributed by atoms with Gasteiger partial charge in [0, 0.05) is 12.1 Å². The summed E-state index contributed by atoms with van der Waals surface area (Å²) in [4.78, 5) is 25.8. The van der Waals surface area contributed by atoms with Crippen molar-refractivity contribution in [3.63, 3.8) is 0 Å². The van der Waals surface area contributed by atoms with Crippen LogP contribution >= 0.6 is 0 Å². The van der Waals surface area contributed by atoms with E-state index in [4.69, 9.17) is 0 Å². The molecule has 1 amide bonds. The van der Waals surface area contributed by atoms with Gasteiger partial charge in [0.2, 0.25) is 5.91 Å². The van der Waals surface area contributed by atoms with Crippen molar-refractivity contribution in [2.45, 2.75) is 44.2 Å². The van der Waals surface area contributed by atoms with Crippen molar-refractivity contribution in [2.24, 2.45) is 5.92 Å². The molecule has 0 aromatic heterocycles. The molecule has 4 nitrogen and oxygen atoms in total. The Morgan fingerprint density at radius 3 is 2.55 bits per heavy atom. The summed E-state index contributed by atoms with van der Waals surface area (Å²) in [6.45, 7) is 1.91. The first-order chi connectivity index (χ1) is 9.59. The van der Waals surface area contributed by atoms with E-state index in [0.29, 0.717) is 6.42 Å². The van der Waals surface area contributed by atoms with Crippen molar-refractivity contribution < 1.29 is 14.7 Å². The number of benzene rings is 1. The number of fused-ring (bicyclic) bond motifs is 2. The topological polar surface area (TPSA) is 57.6 Å². The molecule has 1 aromatic carbocycles. The summed E-state index contributed by atoms with van der Waals surface area (Å²) in [6, 6.07) is 9.72. The van der Waals surface area contributed by atoms with Crippen LogP contribution in [0.3, 0.4) is 0 Å². The second-order valence-electron chi connectivity index (χ2n) is 5.86. The van der Waals surface area contributed by atoms with Crippen molar-refractivity contribution in [2.75, 3.05) is 0 Å². The lowest BCUT2D eigenvalue weighted by Gasteiger charge is -2.26. The smallest absolute Gasteiger partial charge is 0.308 e. The highest BCUT2D eigenvalue weighted by molar-refractivity contribution is 5.86. The molecule has 0 saturated carbocycles. The maximum Gasteiger partial charge on any atom is 0.308 e. The monoisotopic (exact) mass is 273 g/mol. The normalized spacial score (nSPS) is 29.4. The number of hydrogen-bond acceptors (Lipinski definition) is 2. The fourth-order valence-corrected chi connectivity index (χ4v) is 3.71. The van der Waals surface area contributed by atoms with Crippen LogP contribution in [-0.4, -0.2) is 34.0 Å². The predicted molar refractivity (Wildman–Crippen MR) is 74.3 cm³/mol. The highest BCUT2D eigenvalue weighted by atomic mass is 16.4. The number of hydrogen-bond donors (Lipinski definition) is 1. The van der Waals surface area contributed by atoms with Crippen LogP contribution in [0.5, 0.6) is 0 Å². The van der Waals surface area contributed by atoms with Gasteiger partial charge in [-0.3, -0.25) is 9.59 Å². The van der Waals surface area contributed by atoms with Crippen LogP contribution in [0.4, 0.5) is 0 Å². The zero-order chi connectivity index (χ0) is 14.3. The van der Waals surface area contributed by atoms with Gasteiger partial charge in [0.05, 0.1) is 11.8 Å². The molecule has 0 radical (unpaired) electrons. The number of rotatable bonds is 3. The Morgan fingerprint density at radius 2 is 1.95 bits per heavy atom. The highest BCUT2D eigenvalue weighted by Gasteiger charge is 2.51. The van der Waals surface area contributed by atoms with Crippen LogP contribution in [0, 0.1) is 5.92 Å². The Hall–Kier alpha value is -1.84. The number of carbonyl (C=O) groups is 2. The van der Waals surface area contributed by atoms with Gasteiger partial charge in [-0.25, -0.2) is 0 Å². The summed E-state index contributed by atoms with van der Waals surface area (Å²) in [5, 5.41) is 9.25. The lowest BCUT2D eigenvalue weighted by Crippen LogP contribution is -2.40. The maximum atomic E-state index is 12.7. The molecular formula is C16H19NO3. The third-order valence-corrected chi connectivity index (χ3v) is 4.78. The lowest BCUT2D eigenvalue weighted by atomic mass is 9.89. The standard InChI is InChI=1S/C16H19NO3/c1-10(11-5-3-2-4-6-11)15(18)17-12-7-8-14(17)13(9-12)16(19)20/h2-6,10,12-14H,7-9H2,1H3,(H,19,20). The fourth-order valence-electron chi connectivity index (χ4n) is 3.71. The Labute approximate surface area is 118 Å². The van der Waals surface area contributed by atoms with E-state index in [0.717, 1.165) is 18.4 Å². The number of nitrogens with zero attached hydrogens (tertiary/aromatic N) is 1. The zero-order valence-corrected chi connectivity index (χ0v) is 11.5. The molecule has 4 heteroatoms. The minimum Gasteiger partial charge on any atom is -0.481 e. The molecule has 3 rings (SSSR count).